The van der Waals surface area contributed by atoms with E-state index >= 15 is 0 Å². The first kappa shape index (κ1) is 12.5. The zero-order chi connectivity index (χ0) is 12.3. The van der Waals surface area contributed by atoms with Gasteiger partial charge in [-0.05, 0) is 24.7 Å². The summed E-state index contributed by atoms with van der Waals surface area (Å²) in [5.41, 5.74) is 1.92. The fourth-order valence-corrected chi connectivity index (χ4v) is 2.57. The van der Waals surface area contributed by atoms with E-state index in [1.807, 2.05) is 12.4 Å². The zero-order valence-electron chi connectivity index (χ0n) is 9.34. The zero-order valence-corrected chi connectivity index (χ0v) is 10.9. The normalized spacial score (nSPS) is 10.8. The summed E-state index contributed by atoms with van der Waals surface area (Å²) in [6.45, 7) is 0.758. The van der Waals surface area contributed by atoms with Crippen molar-refractivity contribution in [1.82, 2.24) is 10.3 Å². The summed E-state index contributed by atoms with van der Waals surface area (Å²) >= 11 is 7.57. The molecule has 0 saturated carbocycles. The minimum absolute atomic E-state index is 0.311. The summed E-state index contributed by atoms with van der Waals surface area (Å²) in [6.07, 6.45) is 0.646. The van der Waals surface area contributed by atoms with Gasteiger partial charge < -0.3 is 5.32 Å². The average molecular weight is 271 g/mol. The number of rotatable bonds is 4. The summed E-state index contributed by atoms with van der Waals surface area (Å²) in [7, 11) is 1.88. The molecule has 0 amide bonds. The number of nitrogens with zero attached hydrogens (tertiary/aromatic N) is 1. The molecule has 5 heteroatoms. The summed E-state index contributed by atoms with van der Waals surface area (Å²) in [5.74, 6) is -0.311. The summed E-state index contributed by atoms with van der Waals surface area (Å²) < 4.78 is 12.9. The Balaban J connectivity index is 2.13. The highest BCUT2D eigenvalue weighted by Gasteiger charge is 2.06. The largest absolute Gasteiger partial charge is 0.314 e. The maximum absolute atomic E-state index is 12.9. The van der Waals surface area contributed by atoms with Crippen LogP contribution >= 0.6 is 22.9 Å². The Hall–Kier alpha value is -0.970. The molecule has 0 aliphatic rings. The number of nitrogens with one attached hydrogen (secondary N) is 1. The first-order valence-electron chi connectivity index (χ1n) is 5.21. The Morgan fingerprint density at radius 3 is 3.00 bits per heavy atom. The van der Waals surface area contributed by atoms with Gasteiger partial charge in [0.15, 0.2) is 0 Å². The standard InChI is InChI=1S/C12H12ClFN2S/c1-15-6-10-7-17-12(16-10)4-8-2-3-9(14)5-11(8)13/h2-3,5,7,15H,4,6H2,1H3. The Labute approximate surface area is 108 Å². The second kappa shape index (κ2) is 5.58. The van der Waals surface area contributed by atoms with Gasteiger partial charge in [-0.1, -0.05) is 17.7 Å². The van der Waals surface area contributed by atoms with Gasteiger partial charge >= 0.3 is 0 Å². The van der Waals surface area contributed by atoms with E-state index < -0.39 is 0 Å². The second-order valence-corrected chi connectivity index (χ2v) is 5.03. The lowest BCUT2D eigenvalue weighted by atomic mass is 10.1. The van der Waals surface area contributed by atoms with Gasteiger partial charge in [0, 0.05) is 23.4 Å². The van der Waals surface area contributed by atoms with Crippen molar-refractivity contribution in [3.8, 4) is 0 Å². The van der Waals surface area contributed by atoms with E-state index in [-0.39, 0.29) is 5.82 Å². The smallest absolute Gasteiger partial charge is 0.124 e. The Kier molecular flexibility index (Phi) is 4.10. The Morgan fingerprint density at radius 2 is 2.29 bits per heavy atom. The first-order chi connectivity index (χ1) is 8.19. The van der Waals surface area contributed by atoms with Crippen LogP contribution < -0.4 is 5.32 Å². The highest BCUT2D eigenvalue weighted by Crippen LogP contribution is 2.22. The predicted molar refractivity (Wildman–Crippen MR) is 69.1 cm³/mol. The molecule has 0 fully saturated rings. The number of hydrogen-bond acceptors (Lipinski definition) is 3. The van der Waals surface area contributed by atoms with E-state index in [9.17, 15) is 4.39 Å². The van der Waals surface area contributed by atoms with Gasteiger partial charge in [-0.2, -0.15) is 0 Å². The number of thiazole rings is 1. The lowest BCUT2D eigenvalue weighted by Gasteiger charge is -2.01. The molecule has 2 nitrogen and oxygen atoms in total. The van der Waals surface area contributed by atoms with Crippen LogP contribution in [0.3, 0.4) is 0 Å². The van der Waals surface area contributed by atoms with Crippen molar-refractivity contribution in [3.63, 3.8) is 0 Å². The van der Waals surface area contributed by atoms with Crippen LogP contribution in [0.4, 0.5) is 4.39 Å². The number of hydrogen-bond donors (Lipinski definition) is 1. The molecule has 1 heterocycles. The molecule has 0 spiro atoms. The van der Waals surface area contributed by atoms with E-state index in [2.05, 4.69) is 10.3 Å². The van der Waals surface area contributed by atoms with Crippen molar-refractivity contribution in [1.29, 1.82) is 0 Å². The van der Waals surface area contributed by atoms with E-state index in [0.717, 1.165) is 22.8 Å². The first-order valence-corrected chi connectivity index (χ1v) is 6.46. The molecule has 0 saturated heterocycles. The maximum Gasteiger partial charge on any atom is 0.124 e. The van der Waals surface area contributed by atoms with Crippen molar-refractivity contribution in [2.24, 2.45) is 0 Å². The SMILES string of the molecule is CNCc1csc(Cc2ccc(F)cc2Cl)n1. The third kappa shape index (κ3) is 3.25. The minimum atomic E-state index is -0.311. The van der Waals surface area contributed by atoms with Crippen LogP contribution in [-0.4, -0.2) is 12.0 Å². The molecule has 90 valence electrons. The number of benzene rings is 1. The molecule has 0 unspecified atom stereocenters. The maximum atomic E-state index is 12.9. The average Bonchev–Trinajstić information content (AvgIpc) is 2.71. The van der Waals surface area contributed by atoms with Crippen LogP contribution in [0.15, 0.2) is 23.6 Å². The van der Waals surface area contributed by atoms with Crippen LogP contribution in [0.25, 0.3) is 0 Å². The van der Waals surface area contributed by atoms with Crippen LogP contribution in [-0.2, 0) is 13.0 Å². The molecule has 0 radical (unpaired) electrons. The quantitative estimate of drug-likeness (QED) is 0.923. The molecule has 0 bridgehead atoms. The van der Waals surface area contributed by atoms with Crippen LogP contribution in [0.2, 0.25) is 5.02 Å². The Morgan fingerprint density at radius 1 is 1.47 bits per heavy atom. The number of halogens is 2. The molecular weight excluding hydrogens is 259 g/mol. The van der Waals surface area contributed by atoms with Gasteiger partial charge in [-0.25, -0.2) is 9.37 Å². The van der Waals surface area contributed by atoms with Crippen molar-refractivity contribution >= 4 is 22.9 Å². The van der Waals surface area contributed by atoms with Gasteiger partial charge in [0.25, 0.3) is 0 Å². The van der Waals surface area contributed by atoms with Gasteiger partial charge in [0.2, 0.25) is 0 Å². The molecule has 0 atom stereocenters. The van der Waals surface area contributed by atoms with Crippen LogP contribution in [0.5, 0.6) is 0 Å². The molecule has 0 aliphatic heterocycles. The fourth-order valence-electron chi connectivity index (χ4n) is 1.52. The monoisotopic (exact) mass is 270 g/mol. The van der Waals surface area contributed by atoms with Gasteiger partial charge in [-0.3, -0.25) is 0 Å². The third-order valence-electron chi connectivity index (χ3n) is 2.31. The lowest BCUT2D eigenvalue weighted by molar-refractivity contribution is 0.627. The van der Waals surface area contributed by atoms with Crippen molar-refractivity contribution < 1.29 is 4.39 Å². The second-order valence-electron chi connectivity index (χ2n) is 3.68. The lowest BCUT2D eigenvalue weighted by Crippen LogP contribution is -2.05. The van der Waals surface area contributed by atoms with E-state index in [1.165, 1.54) is 12.1 Å². The molecule has 1 aromatic heterocycles. The van der Waals surface area contributed by atoms with Gasteiger partial charge in [0.1, 0.15) is 5.82 Å². The fraction of sp³-hybridized carbons (Fsp3) is 0.250. The van der Waals surface area contributed by atoms with Crippen molar-refractivity contribution in [2.45, 2.75) is 13.0 Å². The molecule has 1 N–H and O–H groups in total. The van der Waals surface area contributed by atoms with Crippen LogP contribution in [0.1, 0.15) is 16.3 Å². The predicted octanol–water partition coefficient (Wildman–Crippen LogP) is 3.25. The van der Waals surface area contributed by atoms with Gasteiger partial charge in [0.05, 0.1) is 10.7 Å². The van der Waals surface area contributed by atoms with E-state index in [1.54, 1.807) is 17.4 Å². The van der Waals surface area contributed by atoms with Crippen molar-refractivity contribution in [3.05, 3.63) is 50.7 Å². The summed E-state index contributed by atoms with van der Waals surface area (Å²) in [5, 5.41) is 6.51. The van der Waals surface area contributed by atoms with Gasteiger partial charge in [-0.15, -0.1) is 11.3 Å². The third-order valence-corrected chi connectivity index (χ3v) is 3.56. The molecular formula is C12H12ClFN2S. The molecule has 2 rings (SSSR count). The highest BCUT2D eigenvalue weighted by atomic mass is 35.5. The summed E-state index contributed by atoms with van der Waals surface area (Å²) in [4.78, 5) is 4.46. The Bertz CT molecular complexity index is 513. The molecule has 17 heavy (non-hydrogen) atoms. The molecule has 2 aromatic rings. The van der Waals surface area contributed by atoms with E-state index in [0.29, 0.717) is 11.4 Å². The minimum Gasteiger partial charge on any atom is -0.314 e. The number of aromatic nitrogens is 1. The van der Waals surface area contributed by atoms with E-state index in [4.69, 9.17) is 11.6 Å². The molecule has 1 aromatic carbocycles. The van der Waals surface area contributed by atoms with Crippen LogP contribution in [0, 0.1) is 5.82 Å². The highest BCUT2D eigenvalue weighted by molar-refractivity contribution is 7.09. The van der Waals surface area contributed by atoms with Crippen molar-refractivity contribution in [2.75, 3.05) is 7.05 Å². The summed E-state index contributed by atoms with van der Waals surface area (Å²) in [6, 6.07) is 4.46. The molecule has 0 aliphatic carbocycles. The topological polar surface area (TPSA) is 24.9 Å².